The standard InChI is InChI=1S/C13H27N3O2S.ClH/c1-14-12-7-6-10-16(11-12)19(17,18)15(2)13-8-4-3-5-9-13;/h12-14H,3-11H2,1-2H3;1H. The Hall–Kier alpha value is 0.120. The highest BCUT2D eigenvalue weighted by molar-refractivity contribution is 7.86. The molecular formula is C13H28ClN3O2S. The largest absolute Gasteiger partial charge is 0.316 e. The van der Waals surface area contributed by atoms with Crippen molar-refractivity contribution < 1.29 is 8.42 Å². The average Bonchev–Trinajstić information content (AvgIpc) is 2.47. The summed E-state index contributed by atoms with van der Waals surface area (Å²) < 4.78 is 28.6. The van der Waals surface area contributed by atoms with Gasteiger partial charge in [-0.2, -0.15) is 17.0 Å². The van der Waals surface area contributed by atoms with E-state index in [2.05, 4.69) is 5.32 Å². The van der Waals surface area contributed by atoms with Gasteiger partial charge in [0.05, 0.1) is 0 Å². The molecule has 1 aliphatic carbocycles. The van der Waals surface area contributed by atoms with E-state index in [1.54, 1.807) is 15.7 Å². The lowest BCUT2D eigenvalue weighted by Crippen LogP contribution is -2.53. The second-order valence-electron chi connectivity index (χ2n) is 5.80. The first-order chi connectivity index (χ1) is 9.05. The minimum Gasteiger partial charge on any atom is -0.316 e. The average molecular weight is 326 g/mol. The number of rotatable bonds is 4. The Labute approximate surface area is 129 Å². The third-order valence-corrected chi connectivity index (χ3v) is 6.58. The second-order valence-corrected chi connectivity index (χ2v) is 7.79. The van der Waals surface area contributed by atoms with Crippen LogP contribution in [0.15, 0.2) is 0 Å². The van der Waals surface area contributed by atoms with Crippen LogP contribution in [0.5, 0.6) is 0 Å². The Morgan fingerprint density at radius 1 is 1.10 bits per heavy atom. The van der Waals surface area contributed by atoms with Crippen LogP contribution in [0.1, 0.15) is 44.9 Å². The Kier molecular flexibility index (Phi) is 7.21. The fraction of sp³-hybridized carbons (Fsp3) is 1.00. The molecular weight excluding hydrogens is 298 g/mol. The van der Waals surface area contributed by atoms with Gasteiger partial charge in [0.25, 0.3) is 10.2 Å². The van der Waals surface area contributed by atoms with Gasteiger partial charge in [-0.15, -0.1) is 12.4 Å². The smallest absolute Gasteiger partial charge is 0.282 e. The summed E-state index contributed by atoms with van der Waals surface area (Å²) in [5.41, 5.74) is 0. The fourth-order valence-electron chi connectivity index (χ4n) is 3.20. The van der Waals surface area contributed by atoms with Crippen molar-refractivity contribution in [2.45, 2.75) is 57.0 Å². The second kappa shape index (κ2) is 7.94. The highest BCUT2D eigenvalue weighted by Crippen LogP contribution is 2.25. The molecule has 1 N–H and O–H groups in total. The van der Waals surface area contributed by atoms with Crippen LogP contribution in [0.2, 0.25) is 0 Å². The molecule has 0 spiro atoms. The minimum atomic E-state index is -3.28. The van der Waals surface area contributed by atoms with E-state index in [0.29, 0.717) is 19.1 Å². The van der Waals surface area contributed by atoms with Gasteiger partial charge in [-0.1, -0.05) is 19.3 Å². The summed E-state index contributed by atoms with van der Waals surface area (Å²) in [6.07, 6.45) is 7.60. The lowest BCUT2D eigenvalue weighted by atomic mass is 9.96. The first-order valence-electron chi connectivity index (χ1n) is 7.46. The number of likely N-dealkylation sites (N-methyl/N-ethyl adjacent to an activating group) is 1. The third kappa shape index (κ3) is 4.07. The molecule has 120 valence electrons. The van der Waals surface area contributed by atoms with E-state index in [9.17, 15) is 8.42 Å². The van der Waals surface area contributed by atoms with Crippen LogP contribution in [0.3, 0.4) is 0 Å². The van der Waals surface area contributed by atoms with Crippen molar-refractivity contribution in [2.24, 2.45) is 0 Å². The van der Waals surface area contributed by atoms with Gasteiger partial charge in [0.2, 0.25) is 0 Å². The van der Waals surface area contributed by atoms with E-state index in [1.165, 1.54) is 6.42 Å². The number of nitrogens with one attached hydrogen (secondary N) is 1. The van der Waals surface area contributed by atoms with Crippen molar-refractivity contribution >= 4 is 22.6 Å². The van der Waals surface area contributed by atoms with Gasteiger partial charge in [0.15, 0.2) is 0 Å². The van der Waals surface area contributed by atoms with Gasteiger partial charge in [0.1, 0.15) is 0 Å². The van der Waals surface area contributed by atoms with Crippen LogP contribution in [0.25, 0.3) is 0 Å². The van der Waals surface area contributed by atoms with Gasteiger partial charge in [0, 0.05) is 32.2 Å². The maximum Gasteiger partial charge on any atom is 0.282 e. The molecule has 0 aromatic carbocycles. The highest BCUT2D eigenvalue weighted by atomic mass is 35.5. The molecule has 0 amide bonds. The normalized spacial score (nSPS) is 26.4. The zero-order chi connectivity index (χ0) is 13.9. The zero-order valence-electron chi connectivity index (χ0n) is 12.5. The highest BCUT2D eigenvalue weighted by Gasteiger charge is 2.35. The predicted molar refractivity (Wildman–Crippen MR) is 84.5 cm³/mol. The Morgan fingerprint density at radius 3 is 2.35 bits per heavy atom. The van der Waals surface area contributed by atoms with E-state index < -0.39 is 10.2 Å². The molecule has 2 aliphatic rings. The van der Waals surface area contributed by atoms with Gasteiger partial charge in [-0.25, -0.2) is 0 Å². The summed E-state index contributed by atoms with van der Waals surface area (Å²) >= 11 is 0. The Morgan fingerprint density at radius 2 is 1.75 bits per heavy atom. The molecule has 1 aliphatic heterocycles. The van der Waals surface area contributed by atoms with Crippen LogP contribution in [-0.4, -0.2) is 56.3 Å². The third-order valence-electron chi connectivity index (χ3n) is 4.57. The SMILES string of the molecule is CNC1CCCN(S(=O)(=O)N(C)C2CCCCC2)C1.Cl. The molecule has 2 rings (SSSR count). The lowest BCUT2D eigenvalue weighted by molar-refractivity contribution is 0.238. The molecule has 0 aromatic heterocycles. The molecule has 20 heavy (non-hydrogen) atoms. The van der Waals surface area contributed by atoms with Crippen LogP contribution in [-0.2, 0) is 10.2 Å². The topological polar surface area (TPSA) is 52.7 Å². The molecule has 1 saturated carbocycles. The number of piperidine rings is 1. The van der Waals surface area contributed by atoms with Gasteiger partial charge >= 0.3 is 0 Å². The van der Waals surface area contributed by atoms with Crippen molar-refractivity contribution in [1.29, 1.82) is 0 Å². The van der Waals surface area contributed by atoms with Gasteiger partial charge in [-0.05, 0) is 32.7 Å². The van der Waals surface area contributed by atoms with E-state index >= 15 is 0 Å². The zero-order valence-corrected chi connectivity index (χ0v) is 14.2. The first-order valence-corrected chi connectivity index (χ1v) is 8.85. The maximum absolute atomic E-state index is 12.7. The fourth-order valence-corrected chi connectivity index (χ4v) is 4.88. The summed E-state index contributed by atoms with van der Waals surface area (Å²) in [6.45, 7) is 1.27. The van der Waals surface area contributed by atoms with Gasteiger partial charge < -0.3 is 5.32 Å². The van der Waals surface area contributed by atoms with Crippen molar-refractivity contribution in [3.63, 3.8) is 0 Å². The molecule has 0 bridgehead atoms. The Balaban J connectivity index is 0.00000200. The van der Waals surface area contributed by atoms with Gasteiger partial charge in [-0.3, -0.25) is 0 Å². The quantitative estimate of drug-likeness (QED) is 0.854. The van der Waals surface area contributed by atoms with Crippen LogP contribution in [0, 0.1) is 0 Å². The summed E-state index contributed by atoms with van der Waals surface area (Å²) in [7, 11) is 0.389. The van der Waals surface area contributed by atoms with E-state index in [1.807, 2.05) is 7.05 Å². The van der Waals surface area contributed by atoms with Crippen molar-refractivity contribution in [1.82, 2.24) is 13.9 Å². The number of halogens is 1. The summed E-state index contributed by atoms with van der Waals surface area (Å²) in [6, 6.07) is 0.497. The molecule has 1 atom stereocenters. The minimum absolute atomic E-state index is 0. The summed E-state index contributed by atoms with van der Waals surface area (Å²) in [5, 5.41) is 3.20. The van der Waals surface area contributed by atoms with Crippen molar-refractivity contribution in [3.8, 4) is 0 Å². The molecule has 1 unspecified atom stereocenters. The van der Waals surface area contributed by atoms with Crippen LogP contribution in [0.4, 0.5) is 0 Å². The monoisotopic (exact) mass is 325 g/mol. The van der Waals surface area contributed by atoms with Crippen LogP contribution >= 0.6 is 12.4 Å². The first kappa shape index (κ1) is 18.2. The number of nitrogens with zero attached hydrogens (tertiary/aromatic N) is 2. The maximum atomic E-state index is 12.7. The van der Waals surface area contributed by atoms with E-state index in [-0.39, 0.29) is 18.4 Å². The molecule has 1 saturated heterocycles. The molecule has 0 radical (unpaired) electrons. The summed E-state index contributed by atoms with van der Waals surface area (Å²) in [4.78, 5) is 0. The van der Waals surface area contributed by atoms with Crippen molar-refractivity contribution in [2.75, 3.05) is 27.2 Å². The lowest BCUT2D eigenvalue weighted by Gasteiger charge is -2.37. The molecule has 5 nitrogen and oxygen atoms in total. The van der Waals surface area contributed by atoms with Crippen LogP contribution < -0.4 is 5.32 Å². The molecule has 1 heterocycles. The summed E-state index contributed by atoms with van der Waals surface area (Å²) in [5.74, 6) is 0. The van der Waals surface area contributed by atoms with E-state index in [4.69, 9.17) is 0 Å². The predicted octanol–water partition coefficient (Wildman–Crippen LogP) is 1.60. The molecule has 7 heteroatoms. The molecule has 0 aromatic rings. The molecule has 2 fully saturated rings. The number of hydrogen-bond acceptors (Lipinski definition) is 3. The number of hydrogen-bond donors (Lipinski definition) is 1. The van der Waals surface area contributed by atoms with E-state index in [0.717, 1.165) is 38.5 Å². The van der Waals surface area contributed by atoms with Crippen molar-refractivity contribution in [3.05, 3.63) is 0 Å². The Bertz CT molecular complexity index is 377.